The number of ether oxygens (including phenoxy) is 4. The summed E-state index contributed by atoms with van der Waals surface area (Å²) in [5, 5.41) is 37.1. The van der Waals surface area contributed by atoms with Gasteiger partial charge in [-0.15, -0.1) is 11.8 Å². The number of carbonyl (C=O) groups is 9. The molecule has 0 fully saturated rings. The van der Waals surface area contributed by atoms with E-state index < -0.39 is 76.8 Å². The van der Waals surface area contributed by atoms with Gasteiger partial charge in [-0.2, -0.15) is 0 Å². The fourth-order valence-electron chi connectivity index (χ4n) is 13.5. The zero-order chi connectivity index (χ0) is 75.4. The number of allylic oxidation sites excluding steroid dienone is 3. The summed E-state index contributed by atoms with van der Waals surface area (Å²) in [6, 6.07) is 7.75. The first-order valence-corrected chi connectivity index (χ1v) is 36.0. The third-order valence-electron chi connectivity index (χ3n) is 18.9. The lowest BCUT2D eigenvalue weighted by Crippen LogP contribution is -2.54. The highest BCUT2D eigenvalue weighted by Crippen LogP contribution is 2.51. The predicted octanol–water partition coefficient (Wildman–Crippen LogP) is 9.97. The first kappa shape index (κ1) is 79.1. The average molecular weight is 1440 g/mol. The number of hydrogen-bond donors (Lipinski definition) is 8. The Morgan fingerprint density at radius 1 is 0.903 bits per heavy atom. The third kappa shape index (κ3) is 19.8. The summed E-state index contributed by atoms with van der Waals surface area (Å²) in [7, 11) is 5.68. The second kappa shape index (κ2) is 34.6. The maximum atomic E-state index is 15.1. The van der Waals surface area contributed by atoms with Crippen molar-refractivity contribution in [3.63, 3.8) is 0 Å². The van der Waals surface area contributed by atoms with Gasteiger partial charge in [0.05, 0.1) is 44.0 Å². The Morgan fingerprint density at radius 3 is 2.28 bits per heavy atom. The van der Waals surface area contributed by atoms with Crippen molar-refractivity contribution in [3.8, 4) is 28.7 Å². The number of aromatic nitrogens is 1. The van der Waals surface area contributed by atoms with E-state index in [1.807, 2.05) is 32.1 Å². The van der Waals surface area contributed by atoms with E-state index >= 15 is 9.59 Å². The summed E-state index contributed by atoms with van der Waals surface area (Å²) in [4.78, 5) is 139. The standard InChI is InChI=1S/C76H97N9O17S/c1-41(2)62(81-56(88)23-15-14-16-32-84-57(89)28-29-58(84)90)74(96)80-52(22-18-31-78-75(77)97)73(95)79-50-26-24-49(25-27-50)40-85(11,12)33-19-35-103-51-38-53(87)63-55(39-51)101-70-64(82-63)59-60-66(91)47(8)69-61(59)71(93)76(10,102-69)99-34-30-54(98-13)46(7)68(100-48(9)86)45(6)37-43(4)36-42(3)20-17-21-44(5)72(94)83-65(70)67(60)92/h17,20-21,24-30,34,38-39,41-43,45-46,52,54,62,68H,14-16,18-19,22-23,31-33,35-37,40H2,1-13H3,(H8-,77,78,79,80,81,82,83,87,88,89,90,91,92,93,94,95,96,97)/p+1/b20-17+,34-30+,44-21-/t42-,43+,45+,46+,52-,54-,62-,68-,76-/m0/s1. The van der Waals surface area contributed by atoms with E-state index in [0.717, 1.165) is 16.9 Å². The minimum absolute atomic E-state index is 0.0265. The highest BCUT2D eigenvalue weighted by molar-refractivity contribution is 7.99. The number of fused-ring (bicyclic) bond motifs is 2. The number of esters is 1. The van der Waals surface area contributed by atoms with Crippen LogP contribution in [0.3, 0.4) is 0 Å². The van der Waals surface area contributed by atoms with Crippen molar-refractivity contribution in [3.05, 3.63) is 112 Å². The summed E-state index contributed by atoms with van der Waals surface area (Å²) in [6.45, 7) is 19.2. The number of primary amides is 1. The van der Waals surface area contributed by atoms with E-state index in [1.54, 1.807) is 57.2 Å². The molecule has 1 aliphatic carbocycles. The summed E-state index contributed by atoms with van der Waals surface area (Å²) in [5.74, 6) is -7.28. The molecule has 0 spiro atoms. The molecule has 4 bridgehead atoms. The van der Waals surface area contributed by atoms with E-state index in [9.17, 15) is 48.6 Å². The van der Waals surface area contributed by atoms with Crippen molar-refractivity contribution in [2.75, 3.05) is 57.2 Å². The van der Waals surface area contributed by atoms with E-state index in [1.165, 1.54) is 64.1 Å². The summed E-state index contributed by atoms with van der Waals surface area (Å²) in [6.07, 6.45) is 13.7. The second-order valence-corrected chi connectivity index (χ2v) is 29.6. The molecule has 3 aromatic rings. The van der Waals surface area contributed by atoms with E-state index in [0.29, 0.717) is 72.4 Å². The van der Waals surface area contributed by atoms with Crippen LogP contribution >= 0.6 is 11.8 Å². The van der Waals surface area contributed by atoms with E-state index in [-0.39, 0.29) is 140 Å². The quantitative estimate of drug-likeness (QED) is 0.00512. The van der Waals surface area contributed by atoms with Gasteiger partial charge < -0.3 is 70.4 Å². The number of imide groups is 1. The van der Waals surface area contributed by atoms with Crippen LogP contribution in [0, 0.1) is 36.5 Å². The molecule has 27 heteroatoms. The predicted molar refractivity (Wildman–Crippen MR) is 391 cm³/mol. The minimum atomic E-state index is -2.07. The number of nitrogens with two attached hydrogens (primary N) is 1. The van der Waals surface area contributed by atoms with Gasteiger partial charge in [0.2, 0.25) is 23.2 Å². The van der Waals surface area contributed by atoms with E-state index in [2.05, 4.69) is 54.5 Å². The molecule has 0 saturated heterocycles. The smallest absolute Gasteiger partial charge is 0.312 e. The molecular weight excluding hydrogens is 1340 g/mol. The number of unbranched alkanes of at least 4 members (excludes halogenated alkanes) is 2. The highest BCUT2D eigenvalue weighted by Gasteiger charge is 2.50. The van der Waals surface area contributed by atoms with Crippen molar-refractivity contribution < 1.29 is 81.2 Å². The van der Waals surface area contributed by atoms with Crippen LogP contribution in [0.25, 0.3) is 33.3 Å². The molecule has 0 unspecified atom stereocenters. The first-order valence-electron chi connectivity index (χ1n) is 35.0. The Bertz CT molecular complexity index is 4180. The normalized spacial score (nSPS) is 22.1. The van der Waals surface area contributed by atoms with Gasteiger partial charge in [-0.1, -0.05) is 78.3 Å². The number of ketones is 1. The molecule has 9 N–H and O–H groups in total. The molecule has 0 radical (unpaired) electrons. The van der Waals surface area contributed by atoms with Crippen molar-refractivity contribution >= 4 is 98.2 Å². The fraction of sp³-hybridized carbons (Fsp3) is 0.487. The van der Waals surface area contributed by atoms with Gasteiger partial charge in [-0.25, -0.2) is 9.78 Å². The second-order valence-electron chi connectivity index (χ2n) is 28.5. The van der Waals surface area contributed by atoms with Crippen LogP contribution in [-0.2, 0) is 54.3 Å². The molecule has 26 nitrogen and oxygen atoms in total. The number of benzene rings is 4. The molecule has 5 aliphatic rings. The number of urea groups is 1. The van der Waals surface area contributed by atoms with Gasteiger partial charge in [0.1, 0.15) is 58.9 Å². The van der Waals surface area contributed by atoms with Crippen molar-refractivity contribution in [1.82, 2.24) is 25.8 Å². The van der Waals surface area contributed by atoms with Crippen LogP contribution in [0.1, 0.15) is 142 Å². The van der Waals surface area contributed by atoms with Crippen LogP contribution in [0.15, 0.2) is 98.8 Å². The van der Waals surface area contributed by atoms with Crippen molar-refractivity contribution in [2.45, 2.75) is 169 Å². The number of methoxy groups -OCH3 is 1. The lowest BCUT2D eigenvalue weighted by atomic mass is 9.82. The number of nitrogens with zero attached hydrogens (tertiary/aromatic N) is 3. The number of Topliss-reactive ketones (excluding diaryl/α,β-unsaturated/α-hetero) is 1. The number of hydrogen-bond acceptors (Lipinski definition) is 19. The van der Waals surface area contributed by atoms with Crippen LogP contribution in [0.4, 0.5) is 16.2 Å². The number of aromatic hydroxyl groups is 2. The van der Waals surface area contributed by atoms with Gasteiger partial charge in [0.25, 0.3) is 23.5 Å². The number of anilines is 2. The summed E-state index contributed by atoms with van der Waals surface area (Å²) < 4.78 is 31.5. The number of nitrogens with one attached hydrogen (secondary N) is 5. The Morgan fingerprint density at radius 2 is 1.61 bits per heavy atom. The van der Waals surface area contributed by atoms with Crippen LogP contribution in [-0.4, -0.2) is 154 Å². The topological polar surface area (TPSA) is 364 Å². The maximum Gasteiger partial charge on any atom is 0.312 e. The summed E-state index contributed by atoms with van der Waals surface area (Å²) >= 11 is 1.44. The molecule has 4 aliphatic heterocycles. The monoisotopic (exact) mass is 1440 g/mol. The molecule has 8 amide bonds. The number of rotatable bonds is 25. The van der Waals surface area contributed by atoms with Crippen LogP contribution < -0.4 is 42.5 Å². The Balaban J connectivity index is 0.977. The molecule has 4 heterocycles. The lowest BCUT2D eigenvalue weighted by Gasteiger charge is -2.33. The first-order chi connectivity index (χ1) is 48.7. The summed E-state index contributed by atoms with van der Waals surface area (Å²) in [5.41, 5.74) is 5.39. The molecule has 0 aromatic heterocycles. The number of amides is 8. The number of phenols is 2. The minimum Gasteiger partial charge on any atom is -0.507 e. The number of carbonyl (C=O) groups excluding carboxylic acids is 9. The lowest BCUT2D eigenvalue weighted by molar-refractivity contribution is -0.903. The number of thioether (sulfide) groups is 1. The zero-order valence-corrected chi connectivity index (χ0v) is 61.8. The molecular formula is C76H98N9O17S+. The molecule has 9 atom stereocenters. The molecule has 3 aromatic carbocycles. The molecule has 8 rings (SSSR count). The van der Waals surface area contributed by atoms with Gasteiger partial charge in [0.15, 0.2) is 11.3 Å². The maximum absolute atomic E-state index is 15.1. The van der Waals surface area contributed by atoms with Gasteiger partial charge in [-0.3, -0.25) is 48.1 Å². The van der Waals surface area contributed by atoms with Crippen LogP contribution in [0.2, 0.25) is 0 Å². The Hall–Kier alpha value is -9.60. The SMILES string of the molecule is CO[C@H]1/C=C/O[C@@]2(C)Oc3c(C)c(O)c4c(=O)c(c5oc6cc(SCCC[N+](C)(C)Cc7ccc(NC(=O)[C@H](CCCNC(N)=O)NC(=O)[C@@H](NC(=O)CCCCCN8C(=O)C=CC8=O)C(C)C)cc7)cc(O)c6nc-5c4c3C2=O)NC(=O)/C(C)=C\C=C\[C@H](C)C[C@@H](C)C[C@@H](C)[C@H](OC(C)=O)[C@@H]1C. The zero-order valence-electron chi connectivity index (χ0n) is 60.9. The highest BCUT2D eigenvalue weighted by atomic mass is 32.2. The van der Waals surface area contributed by atoms with Gasteiger partial charge in [-0.05, 0) is 106 Å². The largest absolute Gasteiger partial charge is 0.507 e. The van der Waals surface area contributed by atoms with Crippen molar-refractivity contribution in [2.24, 2.45) is 35.3 Å². The molecule has 0 saturated carbocycles. The van der Waals surface area contributed by atoms with Crippen LogP contribution in [0.5, 0.6) is 17.2 Å². The fourth-order valence-corrected chi connectivity index (χ4v) is 14.4. The van der Waals surface area contributed by atoms with Crippen molar-refractivity contribution in [1.29, 1.82) is 0 Å². The van der Waals surface area contributed by atoms with Gasteiger partial charge >= 0.3 is 17.8 Å². The molecule has 103 heavy (non-hydrogen) atoms. The number of phenolic OH excluding ortho intramolecular Hbond substituents is 2. The Labute approximate surface area is 603 Å². The van der Waals surface area contributed by atoms with Gasteiger partial charge in [0, 0.05) is 103 Å². The average Bonchev–Trinajstić information content (AvgIpc) is 1.65. The number of quaternary nitrogens is 1. The third-order valence-corrected chi connectivity index (χ3v) is 20.0. The Kier molecular flexibility index (Phi) is 26.6. The molecule has 554 valence electrons. The van der Waals surface area contributed by atoms with E-state index in [4.69, 9.17) is 34.1 Å².